The van der Waals surface area contributed by atoms with Crippen molar-refractivity contribution in [3.8, 4) is 5.75 Å². The third-order valence-corrected chi connectivity index (χ3v) is 2.53. The van der Waals surface area contributed by atoms with Crippen molar-refractivity contribution in [3.05, 3.63) is 29.8 Å². The molecule has 18 heavy (non-hydrogen) atoms. The molecule has 1 aromatic rings. The normalized spacial score (nSPS) is 10.2. The van der Waals surface area contributed by atoms with Crippen LogP contribution in [0.5, 0.6) is 5.75 Å². The van der Waals surface area contributed by atoms with Gasteiger partial charge >= 0.3 is 0 Å². The fourth-order valence-corrected chi connectivity index (χ4v) is 1.34. The fraction of sp³-hybridized carbons (Fsp3) is 0.462. The van der Waals surface area contributed by atoms with Gasteiger partial charge in [0.2, 0.25) is 0 Å². The zero-order valence-electron chi connectivity index (χ0n) is 10.6. The summed E-state index contributed by atoms with van der Waals surface area (Å²) >= 11 is 0. The quantitative estimate of drug-likeness (QED) is 0.784. The second-order valence-electron chi connectivity index (χ2n) is 4.03. The monoisotopic (exact) mass is 257 g/mol. The molecule has 0 radical (unpaired) electrons. The Morgan fingerprint density at radius 2 is 2.06 bits per heavy atom. The topological polar surface area (TPSA) is 29.5 Å². The number of carbonyl (C=O) groups is 1. The number of carbonyl (C=O) groups excluding carboxylic acids is 1. The van der Waals surface area contributed by atoms with Crippen LogP contribution in [0.1, 0.15) is 19.8 Å². The van der Waals surface area contributed by atoms with Crippen molar-refractivity contribution < 1.29 is 18.3 Å². The standard InChI is InChI=1S/C13H17F2NO2/c1-3-4-7-16(2)13(17)9-18-10-5-6-11(14)12(15)8-10/h5-6,8H,3-4,7,9H2,1-2H3. The van der Waals surface area contributed by atoms with Crippen LogP contribution < -0.4 is 4.74 Å². The number of amides is 1. The fourth-order valence-electron chi connectivity index (χ4n) is 1.34. The van der Waals surface area contributed by atoms with Gasteiger partial charge in [-0.25, -0.2) is 8.78 Å². The van der Waals surface area contributed by atoms with Crippen LogP contribution in [0, 0.1) is 11.6 Å². The number of ether oxygens (including phenoxy) is 1. The number of likely N-dealkylation sites (N-methyl/N-ethyl adjacent to an activating group) is 1. The summed E-state index contributed by atoms with van der Waals surface area (Å²) in [5.74, 6) is -1.97. The lowest BCUT2D eigenvalue weighted by Gasteiger charge is -2.16. The van der Waals surface area contributed by atoms with E-state index >= 15 is 0 Å². The lowest BCUT2D eigenvalue weighted by atomic mass is 10.3. The predicted octanol–water partition coefficient (Wildman–Crippen LogP) is 2.60. The molecule has 0 aliphatic heterocycles. The maximum absolute atomic E-state index is 12.9. The number of hydrogen-bond acceptors (Lipinski definition) is 2. The molecule has 3 nitrogen and oxygen atoms in total. The molecule has 0 saturated carbocycles. The Kier molecular flexibility index (Phi) is 5.55. The van der Waals surface area contributed by atoms with E-state index in [0.717, 1.165) is 25.0 Å². The molecule has 0 bridgehead atoms. The molecule has 1 amide bonds. The molecule has 0 heterocycles. The van der Waals surface area contributed by atoms with Crippen LogP contribution in [-0.2, 0) is 4.79 Å². The van der Waals surface area contributed by atoms with Gasteiger partial charge in [0.15, 0.2) is 18.2 Å². The maximum atomic E-state index is 12.9. The summed E-state index contributed by atoms with van der Waals surface area (Å²) in [5, 5.41) is 0. The van der Waals surface area contributed by atoms with Crippen molar-refractivity contribution in [1.82, 2.24) is 4.90 Å². The lowest BCUT2D eigenvalue weighted by molar-refractivity contribution is -0.132. The first-order valence-electron chi connectivity index (χ1n) is 5.86. The number of hydrogen-bond donors (Lipinski definition) is 0. The summed E-state index contributed by atoms with van der Waals surface area (Å²) in [6, 6.07) is 3.18. The number of unbranched alkanes of at least 4 members (excludes halogenated alkanes) is 1. The molecule has 1 aromatic carbocycles. The van der Waals surface area contributed by atoms with Crippen LogP contribution in [0.15, 0.2) is 18.2 Å². The van der Waals surface area contributed by atoms with E-state index in [1.165, 1.54) is 6.07 Å². The largest absolute Gasteiger partial charge is 0.484 e. The van der Waals surface area contributed by atoms with Gasteiger partial charge in [-0.15, -0.1) is 0 Å². The van der Waals surface area contributed by atoms with Crippen LogP contribution in [0.2, 0.25) is 0 Å². The smallest absolute Gasteiger partial charge is 0.260 e. The van der Waals surface area contributed by atoms with E-state index < -0.39 is 11.6 Å². The van der Waals surface area contributed by atoms with Crippen molar-refractivity contribution in [2.24, 2.45) is 0 Å². The Bertz CT molecular complexity index is 410. The third-order valence-electron chi connectivity index (χ3n) is 2.53. The van der Waals surface area contributed by atoms with E-state index in [4.69, 9.17) is 4.74 Å². The van der Waals surface area contributed by atoms with E-state index in [0.29, 0.717) is 6.54 Å². The van der Waals surface area contributed by atoms with Crippen molar-refractivity contribution in [3.63, 3.8) is 0 Å². The molecule has 0 aliphatic carbocycles. The molecule has 5 heteroatoms. The Hall–Kier alpha value is -1.65. The van der Waals surface area contributed by atoms with Crippen molar-refractivity contribution in [1.29, 1.82) is 0 Å². The van der Waals surface area contributed by atoms with Crippen LogP contribution in [0.4, 0.5) is 8.78 Å². The first-order valence-corrected chi connectivity index (χ1v) is 5.86. The van der Waals surface area contributed by atoms with Gasteiger partial charge in [-0.2, -0.15) is 0 Å². The van der Waals surface area contributed by atoms with Crippen molar-refractivity contribution in [2.45, 2.75) is 19.8 Å². The highest BCUT2D eigenvalue weighted by Crippen LogP contribution is 2.15. The average Bonchev–Trinajstić information content (AvgIpc) is 2.36. The van der Waals surface area contributed by atoms with Gasteiger partial charge in [-0.05, 0) is 18.6 Å². The van der Waals surface area contributed by atoms with Gasteiger partial charge < -0.3 is 9.64 Å². The molecule has 0 unspecified atom stereocenters. The summed E-state index contributed by atoms with van der Waals surface area (Å²) in [4.78, 5) is 13.2. The van der Waals surface area contributed by atoms with Crippen LogP contribution in [0.3, 0.4) is 0 Å². The van der Waals surface area contributed by atoms with Gasteiger partial charge in [-0.1, -0.05) is 13.3 Å². The summed E-state index contributed by atoms with van der Waals surface area (Å²) in [6.07, 6.45) is 1.93. The molecule has 0 spiro atoms. The SMILES string of the molecule is CCCCN(C)C(=O)COc1ccc(F)c(F)c1. The first-order chi connectivity index (χ1) is 8.54. The lowest BCUT2D eigenvalue weighted by Crippen LogP contribution is -2.32. The summed E-state index contributed by atoms with van der Waals surface area (Å²) < 4.78 is 30.6. The Balaban J connectivity index is 2.44. The summed E-state index contributed by atoms with van der Waals surface area (Å²) in [7, 11) is 1.69. The van der Waals surface area contributed by atoms with Crippen LogP contribution in [-0.4, -0.2) is 31.0 Å². The van der Waals surface area contributed by atoms with Gasteiger partial charge in [-0.3, -0.25) is 4.79 Å². The molecule has 100 valence electrons. The minimum Gasteiger partial charge on any atom is -0.484 e. The highest BCUT2D eigenvalue weighted by atomic mass is 19.2. The Morgan fingerprint density at radius 1 is 1.33 bits per heavy atom. The molecule has 0 aromatic heterocycles. The molecular weight excluding hydrogens is 240 g/mol. The van der Waals surface area contributed by atoms with E-state index in [-0.39, 0.29) is 18.3 Å². The molecule has 0 saturated heterocycles. The van der Waals surface area contributed by atoms with Crippen LogP contribution in [0.25, 0.3) is 0 Å². The molecule has 0 N–H and O–H groups in total. The molecule has 0 aliphatic rings. The van der Waals surface area contributed by atoms with Crippen molar-refractivity contribution in [2.75, 3.05) is 20.2 Å². The van der Waals surface area contributed by atoms with Gasteiger partial charge in [0.05, 0.1) is 0 Å². The van der Waals surface area contributed by atoms with E-state index in [1.54, 1.807) is 11.9 Å². The second kappa shape index (κ2) is 6.93. The zero-order valence-corrected chi connectivity index (χ0v) is 10.6. The Labute approximate surface area is 105 Å². The molecule has 0 atom stereocenters. The average molecular weight is 257 g/mol. The first kappa shape index (κ1) is 14.4. The van der Waals surface area contributed by atoms with E-state index in [1.807, 2.05) is 6.92 Å². The number of rotatable bonds is 6. The highest BCUT2D eigenvalue weighted by Gasteiger charge is 2.10. The summed E-state index contributed by atoms with van der Waals surface area (Å²) in [5.41, 5.74) is 0. The number of halogens is 2. The van der Waals surface area contributed by atoms with Gasteiger partial charge in [0.1, 0.15) is 5.75 Å². The molecule has 1 rings (SSSR count). The zero-order chi connectivity index (χ0) is 13.5. The number of nitrogens with zero attached hydrogens (tertiary/aromatic N) is 1. The van der Waals surface area contributed by atoms with Crippen LogP contribution >= 0.6 is 0 Å². The highest BCUT2D eigenvalue weighted by molar-refractivity contribution is 5.77. The van der Waals surface area contributed by atoms with Crippen molar-refractivity contribution >= 4 is 5.91 Å². The summed E-state index contributed by atoms with van der Waals surface area (Å²) in [6.45, 7) is 2.53. The second-order valence-corrected chi connectivity index (χ2v) is 4.03. The molecule has 0 fully saturated rings. The predicted molar refractivity (Wildman–Crippen MR) is 64.4 cm³/mol. The maximum Gasteiger partial charge on any atom is 0.260 e. The van der Waals surface area contributed by atoms with Gasteiger partial charge in [0, 0.05) is 19.7 Å². The molecular formula is C13H17F2NO2. The number of benzene rings is 1. The van der Waals surface area contributed by atoms with Gasteiger partial charge in [0.25, 0.3) is 5.91 Å². The van der Waals surface area contributed by atoms with E-state index in [9.17, 15) is 13.6 Å². The third kappa shape index (κ3) is 4.31. The van der Waals surface area contributed by atoms with E-state index in [2.05, 4.69) is 0 Å². The minimum atomic E-state index is -0.987. The Morgan fingerprint density at radius 3 is 2.67 bits per heavy atom. The minimum absolute atomic E-state index is 0.145.